The fraction of sp³-hybridized carbons (Fsp3) is 0.417. The number of halogens is 2. The van der Waals surface area contributed by atoms with Gasteiger partial charge < -0.3 is 10.1 Å². The third-order valence-electron chi connectivity index (χ3n) is 7.07. The van der Waals surface area contributed by atoms with Crippen LogP contribution in [0.1, 0.15) is 25.1 Å². The van der Waals surface area contributed by atoms with Crippen LogP contribution >= 0.6 is 23.7 Å². The van der Waals surface area contributed by atoms with Crippen molar-refractivity contribution in [1.82, 2.24) is 20.2 Å². The zero-order chi connectivity index (χ0) is 22.9. The summed E-state index contributed by atoms with van der Waals surface area (Å²) in [6, 6.07) is 5.15. The topological polar surface area (TPSA) is 84.4 Å². The highest BCUT2D eigenvalue weighted by Gasteiger charge is 2.72. The number of imide groups is 1. The molecule has 3 aromatic heterocycles. The van der Waals surface area contributed by atoms with Crippen LogP contribution in [0.2, 0.25) is 0 Å². The number of amides is 2. The number of fused-ring (bicyclic) bond motifs is 2. The van der Waals surface area contributed by atoms with E-state index in [2.05, 4.69) is 15.3 Å². The fourth-order valence-corrected chi connectivity index (χ4v) is 6.32. The van der Waals surface area contributed by atoms with E-state index in [1.807, 2.05) is 26.0 Å². The van der Waals surface area contributed by atoms with Crippen LogP contribution in [0, 0.1) is 23.1 Å². The Kier molecular flexibility index (Phi) is 5.61. The molecule has 6 rings (SSSR count). The van der Waals surface area contributed by atoms with Gasteiger partial charge in [0.05, 0.1) is 34.8 Å². The lowest BCUT2D eigenvalue weighted by molar-refractivity contribution is -0.143. The summed E-state index contributed by atoms with van der Waals surface area (Å²) in [6.45, 7) is 5.78. The van der Waals surface area contributed by atoms with Crippen LogP contribution in [-0.4, -0.2) is 45.9 Å². The molecule has 0 aromatic carbocycles. The molecule has 1 aliphatic carbocycles. The van der Waals surface area contributed by atoms with Gasteiger partial charge in [-0.3, -0.25) is 19.5 Å². The lowest BCUT2D eigenvalue weighted by atomic mass is 10.1. The van der Waals surface area contributed by atoms with Gasteiger partial charge in [0.15, 0.2) is 0 Å². The molecule has 3 aromatic rings. The van der Waals surface area contributed by atoms with Gasteiger partial charge in [0.2, 0.25) is 17.7 Å². The van der Waals surface area contributed by atoms with Crippen LogP contribution in [0.5, 0.6) is 5.88 Å². The minimum Gasteiger partial charge on any atom is -0.473 e. The fourth-order valence-electron chi connectivity index (χ4n) is 5.19. The van der Waals surface area contributed by atoms with E-state index in [-0.39, 0.29) is 54.1 Å². The van der Waals surface area contributed by atoms with Gasteiger partial charge in [-0.05, 0) is 36.6 Å². The molecule has 2 aliphatic heterocycles. The van der Waals surface area contributed by atoms with Gasteiger partial charge >= 0.3 is 0 Å². The molecule has 7 nitrogen and oxygen atoms in total. The maximum Gasteiger partial charge on any atom is 0.234 e. The van der Waals surface area contributed by atoms with Crippen LogP contribution in [-0.2, 0) is 16.1 Å². The number of piperidine rings is 1. The average Bonchev–Trinajstić information content (AvgIpc) is 3.23. The summed E-state index contributed by atoms with van der Waals surface area (Å²) < 4.78 is 21.1. The molecular formula is C24H24ClFN4O3S. The van der Waals surface area contributed by atoms with Crippen LogP contribution in [0.3, 0.4) is 0 Å². The molecule has 178 valence electrons. The summed E-state index contributed by atoms with van der Waals surface area (Å²) in [5, 5.41) is 3.25. The number of aromatic nitrogens is 2. The Bertz CT molecular complexity index is 1280. The lowest BCUT2D eigenvalue weighted by Gasteiger charge is -2.19. The first-order valence-corrected chi connectivity index (χ1v) is 11.9. The summed E-state index contributed by atoms with van der Waals surface area (Å²) in [5.74, 6) is -0.627. The Morgan fingerprint density at radius 2 is 1.97 bits per heavy atom. The molecule has 0 spiro atoms. The van der Waals surface area contributed by atoms with Gasteiger partial charge in [0.1, 0.15) is 11.9 Å². The van der Waals surface area contributed by atoms with Crippen LogP contribution in [0.4, 0.5) is 4.39 Å². The van der Waals surface area contributed by atoms with Crippen molar-refractivity contribution in [2.45, 2.75) is 32.9 Å². The summed E-state index contributed by atoms with van der Waals surface area (Å²) in [5.41, 5.74) is 1.84. The van der Waals surface area contributed by atoms with E-state index >= 15 is 0 Å². The number of carbonyl (C=O) groups is 2. The molecule has 1 N–H and O–H groups in total. The van der Waals surface area contributed by atoms with Crippen molar-refractivity contribution in [3.8, 4) is 17.0 Å². The van der Waals surface area contributed by atoms with Crippen molar-refractivity contribution >= 4 is 45.8 Å². The minimum atomic E-state index is -0.446. The number of nitrogens with one attached hydrogen (secondary N) is 1. The van der Waals surface area contributed by atoms with E-state index in [9.17, 15) is 14.0 Å². The molecule has 1 saturated carbocycles. The summed E-state index contributed by atoms with van der Waals surface area (Å²) in [7, 11) is 0. The van der Waals surface area contributed by atoms with Crippen LogP contribution in [0.15, 0.2) is 30.6 Å². The van der Waals surface area contributed by atoms with Crippen molar-refractivity contribution in [3.05, 3.63) is 41.3 Å². The largest absolute Gasteiger partial charge is 0.473 e. The smallest absolute Gasteiger partial charge is 0.234 e. The highest BCUT2D eigenvalue weighted by Crippen LogP contribution is 2.63. The van der Waals surface area contributed by atoms with E-state index in [4.69, 9.17) is 4.74 Å². The second kappa shape index (κ2) is 8.25. The third-order valence-corrected chi connectivity index (χ3v) is 8.21. The molecule has 3 fully saturated rings. The number of ether oxygens (including phenoxy) is 1. The number of pyridine rings is 2. The number of hydrogen-bond donors (Lipinski definition) is 1. The third kappa shape index (κ3) is 3.57. The molecule has 3 aliphatic rings. The van der Waals surface area contributed by atoms with Gasteiger partial charge in [0.25, 0.3) is 0 Å². The van der Waals surface area contributed by atoms with Crippen molar-refractivity contribution in [3.63, 3.8) is 0 Å². The van der Waals surface area contributed by atoms with E-state index in [0.29, 0.717) is 11.4 Å². The lowest BCUT2D eigenvalue weighted by Crippen LogP contribution is -2.35. The molecule has 5 heterocycles. The quantitative estimate of drug-likeness (QED) is 0.534. The first-order valence-electron chi connectivity index (χ1n) is 11.1. The van der Waals surface area contributed by atoms with Crippen LogP contribution in [0.25, 0.3) is 21.3 Å². The second-order valence-electron chi connectivity index (χ2n) is 9.56. The van der Waals surface area contributed by atoms with Gasteiger partial charge in [-0.25, -0.2) is 9.37 Å². The molecule has 2 unspecified atom stereocenters. The highest BCUT2D eigenvalue weighted by atomic mass is 35.5. The molecular weight excluding hydrogens is 479 g/mol. The number of rotatable bonds is 5. The second-order valence-corrected chi connectivity index (χ2v) is 10.7. The number of likely N-dealkylation sites (tertiary alicyclic amines) is 1. The molecule has 3 atom stereocenters. The maximum atomic E-state index is 14.2. The molecule has 0 bridgehead atoms. The molecule has 0 radical (unpaired) electrons. The first kappa shape index (κ1) is 23.1. The number of hydrogen-bond acceptors (Lipinski definition) is 7. The summed E-state index contributed by atoms with van der Waals surface area (Å²) >= 11 is 1.46. The Morgan fingerprint density at radius 3 is 2.68 bits per heavy atom. The normalized spacial score (nSPS) is 24.9. The predicted molar refractivity (Wildman–Crippen MR) is 128 cm³/mol. The molecule has 2 saturated heterocycles. The zero-order valence-electron chi connectivity index (χ0n) is 18.7. The van der Waals surface area contributed by atoms with Crippen molar-refractivity contribution in [1.29, 1.82) is 0 Å². The van der Waals surface area contributed by atoms with Crippen LogP contribution < -0.4 is 10.1 Å². The number of thiophene rings is 1. The molecule has 34 heavy (non-hydrogen) atoms. The molecule has 10 heteroatoms. The average molecular weight is 503 g/mol. The summed E-state index contributed by atoms with van der Waals surface area (Å²) in [4.78, 5) is 36.4. The predicted octanol–water partition coefficient (Wildman–Crippen LogP) is 3.80. The number of carbonyl (C=O) groups excluding carboxylic acids is 2. The van der Waals surface area contributed by atoms with Gasteiger partial charge in [0, 0.05) is 28.7 Å². The zero-order valence-corrected chi connectivity index (χ0v) is 20.3. The number of nitrogens with zero attached hydrogens (tertiary/aromatic N) is 3. The molecule has 2 amide bonds. The van der Waals surface area contributed by atoms with Crippen molar-refractivity contribution < 1.29 is 18.7 Å². The van der Waals surface area contributed by atoms with Gasteiger partial charge in [-0.15, -0.1) is 23.7 Å². The van der Waals surface area contributed by atoms with E-state index in [0.717, 1.165) is 46.4 Å². The van der Waals surface area contributed by atoms with E-state index in [1.54, 1.807) is 6.20 Å². The van der Waals surface area contributed by atoms with Gasteiger partial charge in [-0.1, -0.05) is 13.8 Å². The monoisotopic (exact) mass is 502 g/mol. The standard InChI is InChI=1S/C24H23FN4O3S.ClH/c1-24(2)18-19(24)23(31)29(22(18)30)11-14-8-17-20(33-14)15(4-6-27-17)16-7-12(25)9-28-21(16)32-13-3-5-26-10-13;/h4,6-9,13,18-19,26H,3,5,10-11H2,1-2H3;1H/t13-,18?,19?;/m1./s1. The highest BCUT2D eigenvalue weighted by molar-refractivity contribution is 7.19. The summed E-state index contributed by atoms with van der Waals surface area (Å²) in [6.07, 6.45) is 3.69. The Balaban J connectivity index is 0.00000241. The Morgan fingerprint density at radius 1 is 1.21 bits per heavy atom. The Labute approximate surface area is 206 Å². The van der Waals surface area contributed by atoms with Gasteiger partial charge in [-0.2, -0.15) is 0 Å². The van der Waals surface area contributed by atoms with E-state index < -0.39 is 5.82 Å². The van der Waals surface area contributed by atoms with Crippen molar-refractivity contribution in [2.24, 2.45) is 17.3 Å². The minimum absolute atomic E-state index is 0. The Hall–Kier alpha value is -2.62. The van der Waals surface area contributed by atoms with Crippen molar-refractivity contribution in [2.75, 3.05) is 13.1 Å². The maximum absolute atomic E-state index is 14.2. The SMILES string of the molecule is CC1(C)C2C(=O)N(Cc3cc4nccc(-c5cc(F)cnc5O[C@@H]5CCNC5)c4s3)C(=O)C21.Cl. The first-order chi connectivity index (χ1) is 15.8. The van der Waals surface area contributed by atoms with E-state index in [1.165, 1.54) is 22.3 Å².